The van der Waals surface area contributed by atoms with Crippen LogP contribution >= 0.6 is 0 Å². The first-order valence-electron chi connectivity index (χ1n) is 10.00. The predicted molar refractivity (Wildman–Crippen MR) is 114 cm³/mol. The summed E-state index contributed by atoms with van der Waals surface area (Å²) in [6, 6.07) is 16.7. The van der Waals surface area contributed by atoms with Crippen LogP contribution in [0.4, 0.5) is 11.4 Å². The van der Waals surface area contributed by atoms with Gasteiger partial charge in [0.15, 0.2) is 0 Å². The molecule has 0 unspecified atom stereocenters. The summed E-state index contributed by atoms with van der Waals surface area (Å²) in [5.74, 6) is 0.522. The quantitative estimate of drug-likeness (QED) is 0.830. The highest BCUT2D eigenvalue weighted by molar-refractivity contribution is 5.93. The molecule has 0 aromatic heterocycles. The van der Waals surface area contributed by atoms with Crippen LogP contribution in [-0.4, -0.2) is 43.5 Å². The maximum absolute atomic E-state index is 12.6. The van der Waals surface area contributed by atoms with E-state index in [9.17, 15) is 4.79 Å². The van der Waals surface area contributed by atoms with E-state index in [-0.39, 0.29) is 5.91 Å². The monoisotopic (exact) mass is 365 g/mol. The lowest BCUT2D eigenvalue weighted by atomic mass is 9.97. The van der Waals surface area contributed by atoms with E-state index in [4.69, 9.17) is 0 Å². The van der Waals surface area contributed by atoms with Crippen LogP contribution in [0.2, 0.25) is 0 Å². The van der Waals surface area contributed by atoms with Gasteiger partial charge in [0.05, 0.1) is 6.54 Å². The molecule has 2 aromatic rings. The molecule has 1 heterocycles. The Morgan fingerprint density at radius 3 is 2.41 bits per heavy atom. The normalized spacial score (nSPS) is 16.2. The average Bonchev–Trinajstić information content (AvgIpc) is 2.69. The number of rotatable bonds is 6. The van der Waals surface area contributed by atoms with Crippen molar-refractivity contribution in [1.29, 1.82) is 0 Å². The fourth-order valence-corrected chi connectivity index (χ4v) is 3.72. The van der Waals surface area contributed by atoms with Crippen molar-refractivity contribution < 1.29 is 4.79 Å². The summed E-state index contributed by atoms with van der Waals surface area (Å²) >= 11 is 0. The third-order valence-corrected chi connectivity index (χ3v) is 5.57. The lowest BCUT2D eigenvalue weighted by molar-refractivity contribution is -0.117. The molecule has 27 heavy (non-hydrogen) atoms. The summed E-state index contributed by atoms with van der Waals surface area (Å²) in [6.07, 6.45) is 1.06. The zero-order valence-electron chi connectivity index (χ0n) is 16.7. The molecule has 1 fully saturated rings. The number of benzene rings is 2. The molecule has 1 saturated heterocycles. The second-order valence-electron chi connectivity index (χ2n) is 7.49. The third-order valence-electron chi connectivity index (χ3n) is 5.57. The minimum Gasteiger partial charge on any atom is -0.369 e. The maximum Gasteiger partial charge on any atom is 0.238 e. The number of carbonyl (C=O) groups excluding carboxylic acids is 1. The molecule has 0 saturated carbocycles. The lowest BCUT2D eigenvalue weighted by Crippen LogP contribution is -2.48. The van der Waals surface area contributed by atoms with Gasteiger partial charge in [-0.2, -0.15) is 0 Å². The number of carbonyl (C=O) groups is 1. The van der Waals surface area contributed by atoms with Gasteiger partial charge in [0.2, 0.25) is 5.91 Å². The Morgan fingerprint density at radius 2 is 1.70 bits per heavy atom. The molecule has 4 heteroatoms. The number of para-hydroxylation sites is 2. The van der Waals surface area contributed by atoms with Crippen molar-refractivity contribution in [2.45, 2.75) is 33.1 Å². The summed E-state index contributed by atoms with van der Waals surface area (Å²) in [7, 11) is 0. The predicted octanol–water partition coefficient (Wildman–Crippen LogP) is 4.27. The maximum atomic E-state index is 12.6. The van der Waals surface area contributed by atoms with Gasteiger partial charge in [0.1, 0.15) is 0 Å². The van der Waals surface area contributed by atoms with Gasteiger partial charge in [-0.05, 0) is 42.5 Å². The first-order chi connectivity index (χ1) is 13.1. The van der Waals surface area contributed by atoms with E-state index in [1.54, 1.807) is 0 Å². The minimum absolute atomic E-state index is 0.0788. The molecule has 3 rings (SSSR count). The molecule has 0 bridgehead atoms. The highest BCUT2D eigenvalue weighted by Gasteiger charge is 2.20. The minimum atomic E-state index is 0.0788. The zero-order valence-corrected chi connectivity index (χ0v) is 16.7. The number of amides is 1. The Balaban J connectivity index is 1.54. The van der Waals surface area contributed by atoms with Gasteiger partial charge in [-0.15, -0.1) is 0 Å². The van der Waals surface area contributed by atoms with Crippen LogP contribution in [0.3, 0.4) is 0 Å². The molecule has 1 aliphatic heterocycles. The lowest BCUT2D eigenvalue weighted by Gasteiger charge is -2.36. The Morgan fingerprint density at radius 1 is 1.04 bits per heavy atom. The van der Waals surface area contributed by atoms with Crippen LogP contribution in [0.5, 0.6) is 0 Å². The fourth-order valence-electron chi connectivity index (χ4n) is 3.72. The van der Waals surface area contributed by atoms with Crippen molar-refractivity contribution in [3.8, 4) is 0 Å². The van der Waals surface area contributed by atoms with Gasteiger partial charge in [0.25, 0.3) is 0 Å². The van der Waals surface area contributed by atoms with Gasteiger partial charge in [-0.3, -0.25) is 9.69 Å². The number of anilines is 2. The molecule has 0 aliphatic carbocycles. The van der Waals surface area contributed by atoms with Gasteiger partial charge >= 0.3 is 0 Å². The molecule has 0 spiro atoms. The third kappa shape index (κ3) is 4.89. The fraction of sp³-hybridized carbons (Fsp3) is 0.435. The Labute approximate surface area is 163 Å². The Bertz CT molecular complexity index is 766. The Kier molecular flexibility index (Phi) is 6.51. The number of nitrogens with one attached hydrogen (secondary N) is 1. The molecule has 4 nitrogen and oxygen atoms in total. The largest absolute Gasteiger partial charge is 0.369 e. The average molecular weight is 366 g/mol. The van der Waals surface area contributed by atoms with Gasteiger partial charge in [-0.1, -0.05) is 50.2 Å². The standard InChI is InChI=1S/C23H31N3O/c1-4-18(2)20-10-6-7-11-21(20)24-23(27)17-25-13-15-26(16-14-25)22-12-8-5-9-19(22)3/h5-12,18H,4,13-17H2,1-3H3,(H,24,27)/t18-/m1/s1. The van der Waals surface area contributed by atoms with Crippen LogP contribution < -0.4 is 10.2 Å². The molecular weight excluding hydrogens is 334 g/mol. The van der Waals surface area contributed by atoms with Crippen molar-refractivity contribution in [2.75, 3.05) is 42.9 Å². The van der Waals surface area contributed by atoms with Crippen LogP contribution in [0.25, 0.3) is 0 Å². The van der Waals surface area contributed by atoms with Gasteiger partial charge in [-0.25, -0.2) is 0 Å². The van der Waals surface area contributed by atoms with E-state index >= 15 is 0 Å². The molecule has 1 aliphatic rings. The van der Waals surface area contributed by atoms with Crippen molar-refractivity contribution in [3.05, 3.63) is 59.7 Å². The van der Waals surface area contributed by atoms with E-state index in [0.29, 0.717) is 12.5 Å². The summed E-state index contributed by atoms with van der Waals surface area (Å²) in [4.78, 5) is 17.2. The summed E-state index contributed by atoms with van der Waals surface area (Å²) in [6.45, 7) is 10.7. The Hall–Kier alpha value is -2.33. The molecular formula is C23H31N3O. The van der Waals surface area contributed by atoms with Gasteiger partial charge < -0.3 is 10.2 Å². The number of nitrogens with zero attached hydrogens (tertiary/aromatic N) is 2. The van der Waals surface area contributed by atoms with E-state index in [1.807, 2.05) is 18.2 Å². The van der Waals surface area contributed by atoms with E-state index in [0.717, 1.165) is 38.3 Å². The molecule has 1 N–H and O–H groups in total. The molecule has 1 atom stereocenters. The number of aryl methyl sites for hydroxylation is 1. The first-order valence-corrected chi connectivity index (χ1v) is 10.00. The number of piperazine rings is 1. The van der Waals surface area contributed by atoms with E-state index in [2.05, 4.69) is 66.2 Å². The van der Waals surface area contributed by atoms with E-state index in [1.165, 1.54) is 16.8 Å². The van der Waals surface area contributed by atoms with Crippen molar-refractivity contribution in [1.82, 2.24) is 4.90 Å². The SMILES string of the molecule is CC[C@@H](C)c1ccccc1NC(=O)CN1CCN(c2ccccc2C)CC1. The summed E-state index contributed by atoms with van der Waals surface area (Å²) < 4.78 is 0. The molecule has 144 valence electrons. The summed E-state index contributed by atoms with van der Waals surface area (Å²) in [5.41, 5.74) is 4.79. The molecule has 2 aromatic carbocycles. The summed E-state index contributed by atoms with van der Waals surface area (Å²) in [5, 5.41) is 3.13. The smallest absolute Gasteiger partial charge is 0.238 e. The van der Waals surface area contributed by atoms with Crippen molar-refractivity contribution >= 4 is 17.3 Å². The van der Waals surface area contributed by atoms with E-state index < -0.39 is 0 Å². The first kappa shape index (κ1) is 19.4. The number of hydrogen-bond donors (Lipinski definition) is 1. The second-order valence-corrected chi connectivity index (χ2v) is 7.49. The second kappa shape index (κ2) is 9.05. The number of hydrogen-bond acceptors (Lipinski definition) is 3. The van der Waals surface area contributed by atoms with Crippen LogP contribution in [0, 0.1) is 6.92 Å². The van der Waals surface area contributed by atoms with Crippen LogP contribution in [0.15, 0.2) is 48.5 Å². The van der Waals surface area contributed by atoms with Crippen molar-refractivity contribution in [2.24, 2.45) is 0 Å². The topological polar surface area (TPSA) is 35.6 Å². The molecule has 0 radical (unpaired) electrons. The van der Waals surface area contributed by atoms with Crippen molar-refractivity contribution in [3.63, 3.8) is 0 Å². The molecule has 1 amide bonds. The van der Waals surface area contributed by atoms with Crippen LogP contribution in [0.1, 0.15) is 37.3 Å². The van der Waals surface area contributed by atoms with Crippen LogP contribution in [-0.2, 0) is 4.79 Å². The zero-order chi connectivity index (χ0) is 19.2. The highest BCUT2D eigenvalue weighted by Crippen LogP contribution is 2.26. The van der Waals surface area contributed by atoms with Gasteiger partial charge in [0, 0.05) is 37.6 Å². The highest BCUT2D eigenvalue weighted by atomic mass is 16.2.